The molecule has 0 fully saturated rings. The van der Waals surface area contributed by atoms with Crippen LogP contribution in [0.3, 0.4) is 0 Å². The molecule has 0 aliphatic carbocycles. The average molecular weight is 499 g/mol. The van der Waals surface area contributed by atoms with Gasteiger partial charge in [0, 0.05) is 17.6 Å². The van der Waals surface area contributed by atoms with Crippen LogP contribution in [0.25, 0.3) is 10.2 Å². The number of carbonyl (C=O) groups excluding carboxylic acids is 1. The number of rotatable bonds is 8. The third-order valence-electron chi connectivity index (χ3n) is 5.12. The van der Waals surface area contributed by atoms with Crippen molar-refractivity contribution in [3.05, 3.63) is 65.2 Å². The highest BCUT2D eigenvalue weighted by atomic mass is 32.2. The van der Waals surface area contributed by atoms with Crippen LogP contribution in [0, 0.1) is 12.8 Å². The van der Waals surface area contributed by atoms with Crippen LogP contribution in [0.15, 0.2) is 59.5 Å². The van der Waals surface area contributed by atoms with Crippen molar-refractivity contribution in [1.29, 1.82) is 0 Å². The van der Waals surface area contributed by atoms with E-state index in [4.69, 9.17) is 4.74 Å². The van der Waals surface area contributed by atoms with Gasteiger partial charge in [0.1, 0.15) is 10.6 Å². The maximum atomic E-state index is 13.0. The van der Waals surface area contributed by atoms with Gasteiger partial charge in [0.15, 0.2) is 0 Å². The van der Waals surface area contributed by atoms with Gasteiger partial charge in [0.05, 0.1) is 28.3 Å². The van der Waals surface area contributed by atoms with Crippen molar-refractivity contribution in [2.45, 2.75) is 32.2 Å². The topological polar surface area (TPSA) is 102 Å². The molecule has 0 spiro atoms. The minimum Gasteiger partial charge on any atom is -0.495 e. The first-order valence-corrected chi connectivity index (χ1v) is 13.0. The van der Waals surface area contributed by atoms with Gasteiger partial charge in [0.25, 0.3) is 15.9 Å². The molecule has 0 aliphatic heterocycles. The maximum absolute atomic E-state index is 13.0. The highest BCUT2D eigenvalue weighted by molar-refractivity contribution is 7.92. The Balaban J connectivity index is 1.56. The van der Waals surface area contributed by atoms with Crippen molar-refractivity contribution in [3.8, 4) is 5.75 Å². The summed E-state index contributed by atoms with van der Waals surface area (Å²) in [7, 11) is -2.42. The molecule has 8 nitrogen and oxygen atoms in total. The van der Waals surface area contributed by atoms with Gasteiger partial charge in [-0.3, -0.25) is 14.2 Å². The monoisotopic (exact) mass is 498 g/mol. The summed E-state index contributed by atoms with van der Waals surface area (Å²) in [6.07, 6.45) is 0. The third kappa shape index (κ3) is 4.92. The second-order valence-corrected chi connectivity index (χ2v) is 11.0. The molecular weight excluding hydrogens is 472 g/mol. The lowest BCUT2D eigenvalue weighted by molar-refractivity contribution is 0.103. The SMILES string of the molecule is COc1ccccc1NS(=O)(=O)c1cccc(NC(=O)c2cc3c(C)nn(CC(C)C)c3s2)c1. The molecule has 0 unspecified atom stereocenters. The number of hydrogen-bond donors (Lipinski definition) is 2. The normalized spacial score (nSPS) is 11.7. The van der Waals surface area contributed by atoms with Crippen LogP contribution in [-0.4, -0.2) is 31.2 Å². The van der Waals surface area contributed by atoms with Crippen molar-refractivity contribution < 1.29 is 17.9 Å². The maximum Gasteiger partial charge on any atom is 0.265 e. The van der Waals surface area contributed by atoms with Crippen LogP contribution < -0.4 is 14.8 Å². The molecule has 2 heterocycles. The summed E-state index contributed by atoms with van der Waals surface area (Å²) < 4.78 is 35.6. The van der Waals surface area contributed by atoms with Crippen LogP contribution >= 0.6 is 11.3 Å². The van der Waals surface area contributed by atoms with E-state index in [-0.39, 0.29) is 10.8 Å². The van der Waals surface area contributed by atoms with E-state index in [1.807, 2.05) is 17.7 Å². The number of para-hydroxylation sites is 2. The van der Waals surface area contributed by atoms with E-state index in [1.54, 1.807) is 36.4 Å². The zero-order chi connectivity index (χ0) is 24.5. The van der Waals surface area contributed by atoms with Gasteiger partial charge in [-0.15, -0.1) is 11.3 Å². The van der Waals surface area contributed by atoms with E-state index in [0.29, 0.717) is 27.9 Å². The number of nitrogens with one attached hydrogen (secondary N) is 2. The minimum atomic E-state index is -3.89. The van der Waals surface area contributed by atoms with Crippen LogP contribution in [0.4, 0.5) is 11.4 Å². The number of ether oxygens (including phenoxy) is 1. The number of thiophene rings is 1. The predicted molar refractivity (Wildman–Crippen MR) is 135 cm³/mol. The Bertz CT molecular complexity index is 1450. The molecule has 4 aromatic rings. The van der Waals surface area contributed by atoms with Gasteiger partial charge in [0.2, 0.25) is 0 Å². The van der Waals surface area contributed by atoms with Crippen LogP contribution in [0.2, 0.25) is 0 Å². The number of fused-ring (bicyclic) bond motifs is 1. The Morgan fingerprint density at radius 1 is 1.15 bits per heavy atom. The Morgan fingerprint density at radius 2 is 1.91 bits per heavy atom. The summed E-state index contributed by atoms with van der Waals surface area (Å²) >= 11 is 1.37. The Morgan fingerprint density at radius 3 is 2.65 bits per heavy atom. The highest BCUT2D eigenvalue weighted by Gasteiger charge is 2.19. The number of sulfonamides is 1. The van der Waals surface area contributed by atoms with Crippen molar-refractivity contribution >= 4 is 48.9 Å². The predicted octanol–water partition coefficient (Wildman–Crippen LogP) is 5.12. The van der Waals surface area contributed by atoms with Gasteiger partial charge in [-0.25, -0.2) is 8.42 Å². The Labute approximate surface area is 202 Å². The van der Waals surface area contributed by atoms with Crippen molar-refractivity contribution in [2.24, 2.45) is 5.92 Å². The minimum absolute atomic E-state index is 0.0240. The fraction of sp³-hybridized carbons (Fsp3) is 0.250. The summed E-state index contributed by atoms with van der Waals surface area (Å²) in [4.78, 5) is 14.5. The van der Waals surface area contributed by atoms with Crippen molar-refractivity contribution in [1.82, 2.24) is 9.78 Å². The molecule has 2 N–H and O–H groups in total. The van der Waals surface area contributed by atoms with Gasteiger partial charge in [-0.1, -0.05) is 32.0 Å². The van der Waals surface area contributed by atoms with Crippen molar-refractivity contribution in [2.75, 3.05) is 17.1 Å². The molecule has 10 heteroatoms. The number of anilines is 2. The molecule has 2 aromatic carbocycles. The summed E-state index contributed by atoms with van der Waals surface area (Å²) in [6, 6.07) is 14.7. The molecule has 1 amide bonds. The standard InChI is InChI=1S/C24H26N4O4S2/c1-15(2)14-28-24-19(16(3)26-28)13-22(33-24)23(29)25-17-8-7-9-18(12-17)34(30,31)27-20-10-5-6-11-21(20)32-4/h5-13,15,27H,14H2,1-4H3,(H,25,29). The number of amides is 1. The summed E-state index contributed by atoms with van der Waals surface area (Å²) in [5.41, 5.74) is 1.59. The van der Waals surface area contributed by atoms with Gasteiger partial charge >= 0.3 is 0 Å². The van der Waals surface area contributed by atoms with E-state index in [1.165, 1.54) is 30.6 Å². The number of aromatic nitrogens is 2. The zero-order valence-electron chi connectivity index (χ0n) is 19.3. The lowest BCUT2D eigenvalue weighted by atomic mass is 10.2. The quantitative estimate of drug-likeness (QED) is 0.351. The van der Waals surface area contributed by atoms with E-state index < -0.39 is 10.0 Å². The number of carbonyl (C=O) groups is 1. The summed E-state index contributed by atoms with van der Waals surface area (Å²) in [5, 5.41) is 8.34. The highest BCUT2D eigenvalue weighted by Crippen LogP contribution is 2.30. The van der Waals surface area contributed by atoms with Crippen LogP contribution in [-0.2, 0) is 16.6 Å². The van der Waals surface area contributed by atoms with Gasteiger partial charge in [-0.2, -0.15) is 5.10 Å². The molecule has 34 heavy (non-hydrogen) atoms. The molecule has 2 aromatic heterocycles. The molecule has 0 saturated carbocycles. The molecule has 178 valence electrons. The first kappa shape index (κ1) is 23.8. The Hall–Kier alpha value is -3.37. The van der Waals surface area contributed by atoms with Crippen LogP contribution in [0.5, 0.6) is 5.75 Å². The Kier molecular flexibility index (Phi) is 6.63. The summed E-state index contributed by atoms with van der Waals surface area (Å²) in [6.45, 7) is 6.93. The third-order valence-corrected chi connectivity index (χ3v) is 7.63. The average Bonchev–Trinajstić information content (AvgIpc) is 3.35. The van der Waals surface area contributed by atoms with Crippen molar-refractivity contribution in [3.63, 3.8) is 0 Å². The summed E-state index contributed by atoms with van der Waals surface area (Å²) in [5.74, 6) is 0.534. The smallest absolute Gasteiger partial charge is 0.265 e. The van der Waals surface area contributed by atoms with E-state index >= 15 is 0 Å². The molecule has 0 bridgehead atoms. The second kappa shape index (κ2) is 9.47. The van der Waals surface area contributed by atoms with Crippen LogP contribution in [0.1, 0.15) is 29.2 Å². The van der Waals surface area contributed by atoms with Gasteiger partial charge in [-0.05, 0) is 49.2 Å². The first-order chi connectivity index (χ1) is 16.2. The molecule has 0 aliphatic rings. The van der Waals surface area contributed by atoms with E-state index in [2.05, 4.69) is 29.0 Å². The fourth-order valence-corrected chi connectivity index (χ4v) is 5.74. The number of nitrogens with zero attached hydrogens (tertiary/aromatic N) is 2. The molecule has 0 saturated heterocycles. The zero-order valence-corrected chi connectivity index (χ0v) is 21.0. The number of methoxy groups -OCH3 is 1. The van der Waals surface area contributed by atoms with Gasteiger partial charge < -0.3 is 10.1 Å². The molecule has 4 rings (SSSR count). The fourth-order valence-electron chi connectivity index (χ4n) is 3.56. The first-order valence-electron chi connectivity index (χ1n) is 10.7. The van der Waals surface area contributed by atoms with E-state index in [9.17, 15) is 13.2 Å². The second-order valence-electron chi connectivity index (χ2n) is 8.28. The molecule has 0 atom stereocenters. The number of hydrogen-bond acceptors (Lipinski definition) is 6. The lowest BCUT2D eigenvalue weighted by Gasteiger charge is -2.12. The van der Waals surface area contributed by atoms with E-state index in [0.717, 1.165) is 22.5 Å². The number of benzene rings is 2. The number of aryl methyl sites for hydroxylation is 1. The lowest BCUT2D eigenvalue weighted by Crippen LogP contribution is -2.15. The molecule has 0 radical (unpaired) electrons. The molecular formula is C24H26N4O4S2. The largest absolute Gasteiger partial charge is 0.495 e.